The first kappa shape index (κ1) is 11.9. The van der Waals surface area contributed by atoms with Crippen LogP contribution in [0.15, 0.2) is 6.07 Å². The number of nitrogens with zero attached hydrogens (tertiary/aromatic N) is 2. The normalized spacial score (nSPS) is 12.2. The molecule has 1 aromatic rings. The van der Waals surface area contributed by atoms with Gasteiger partial charge in [0.15, 0.2) is 0 Å². The van der Waals surface area contributed by atoms with Crippen molar-refractivity contribution in [2.24, 2.45) is 0 Å². The van der Waals surface area contributed by atoms with Crippen molar-refractivity contribution in [1.29, 1.82) is 0 Å². The van der Waals surface area contributed by atoms with Gasteiger partial charge >= 0.3 is 0 Å². The van der Waals surface area contributed by atoms with Crippen LogP contribution in [0.5, 0.6) is 0 Å². The molecule has 84 valence electrons. The molecule has 1 unspecified atom stereocenters. The summed E-state index contributed by atoms with van der Waals surface area (Å²) in [4.78, 5) is 8.10. The van der Waals surface area contributed by atoms with Crippen molar-refractivity contribution in [3.8, 4) is 0 Å². The smallest absolute Gasteiger partial charge is 0.223 e. The summed E-state index contributed by atoms with van der Waals surface area (Å²) in [6.07, 6.45) is 2.08. The van der Waals surface area contributed by atoms with Gasteiger partial charge in [-0.2, -0.15) is 21.7 Å². The van der Waals surface area contributed by atoms with Gasteiger partial charge in [-0.25, -0.2) is 0 Å². The molecule has 6 heteroatoms. The molecule has 0 spiro atoms. The molecule has 0 amide bonds. The van der Waals surface area contributed by atoms with Crippen LogP contribution in [0, 0.1) is 0 Å². The maximum atomic E-state index is 5.57. The van der Waals surface area contributed by atoms with E-state index in [0.717, 1.165) is 18.2 Å². The Hall–Kier alpha value is -1.17. The van der Waals surface area contributed by atoms with Crippen LogP contribution in [0.25, 0.3) is 0 Å². The number of nitrogen functional groups attached to an aromatic ring is 1. The molecule has 1 rings (SSSR count). The Balaban J connectivity index is 2.64. The average Bonchev–Trinajstić information content (AvgIpc) is 2.25. The predicted molar refractivity (Wildman–Crippen MR) is 67.5 cm³/mol. The van der Waals surface area contributed by atoms with E-state index >= 15 is 0 Å². The lowest BCUT2D eigenvalue weighted by Crippen LogP contribution is -2.14. The van der Waals surface area contributed by atoms with Gasteiger partial charge in [0.2, 0.25) is 5.95 Å². The molecule has 5 nitrogen and oxygen atoms in total. The molecule has 0 aliphatic carbocycles. The predicted octanol–water partition coefficient (Wildman–Crippen LogP) is 1.26. The summed E-state index contributed by atoms with van der Waals surface area (Å²) in [6, 6.07) is 1.84. The molecular weight excluding hydrogens is 210 g/mol. The van der Waals surface area contributed by atoms with E-state index in [4.69, 9.17) is 5.73 Å². The lowest BCUT2D eigenvalue weighted by Gasteiger charge is -2.11. The second-order valence-corrected chi connectivity index (χ2v) is 4.45. The van der Waals surface area contributed by atoms with Crippen LogP contribution in [0.2, 0.25) is 0 Å². The Morgan fingerprint density at radius 2 is 2.13 bits per heavy atom. The Bertz CT molecular complexity index is 317. The molecule has 15 heavy (non-hydrogen) atoms. The van der Waals surface area contributed by atoms with Gasteiger partial charge < -0.3 is 16.4 Å². The highest BCUT2D eigenvalue weighted by molar-refractivity contribution is 7.99. The Labute approximate surface area is 94.3 Å². The zero-order chi connectivity index (χ0) is 11.3. The SMILES string of the molecule is CNc1cc(NCC(C)SC)nc(N)n1. The minimum absolute atomic E-state index is 0.279. The molecule has 0 aromatic carbocycles. The van der Waals surface area contributed by atoms with E-state index < -0.39 is 0 Å². The molecule has 0 aliphatic rings. The Kier molecular flexibility index (Phi) is 4.48. The summed E-state index contributed by atoms with van der Waals surface area (Å²) in [7, 11) is 1.80. The molecule has 0 bridgehead atoms. The maximum absolute atomic E-state index is 5.57. The quantitative estimate of drug-likeness (QED) is 0.703. The number of hydrogen-bond donors (Lipinski definition) is 3. The van der Waals surface area contributed by atoms with E-state index in [1.807, 2.05) is 6.07 Å². The van der Waals surface area contributed by atoms with Gasteiger partial charge in [0, 0.05) is 24.9 Å². The third-order valence-electron chi connectivity index (χ3n) is 1.97. The molecule has 0 saturated carbocycles. The fraction of sp³-hybridized carbons (Fsp3) is 0.556. The van der Waals surface area contributed by atoms with Gasteiger partial charge in [-0.1, -0.05) is 6.92 Å². The summed E-state index contributed by atoms with van der Waals surface area (Å²) in [6.45, 7) is 3.02. The second-order valence-electron chi connectivity index (χ2n) is 3.17. The highest BCUT2D eigenvalue weighted by atomic mass is 32.2. The zero-order valence-corrected chi connectivity index (χ0v) is 10.1. The van der Waals surface area contributed by atoms with Crippen molar-refractivity contribution in [1.82, 2.24) is 9.97 Å². The monoisotopic (exact) mass is 227 g/mol. The van der Waals surface area contributed by atoms with Gasteiger partial charge in [-0.05, 0) is 6.26 Å². The lowest BCUT2D eigenvalue weighted by atomic mass is 10.4. The average molecular weight is 227 g/mol. The van der Waals surface area contributed by atoms with Gasteiger partial charge in [0.25, 0.3) is 0 Å². The molecule has 0 saturated heterocycles. The third-order valence-corrected chi connectivity index (χ3v) is 2.94. The zero-order valence-electron chi connectivity index (χ0n) is 9.24. The number of nitrogens with two attached hydrogens (primary N) is 1. The van der Waals surface area contributed by atoms with Crippen molar-refractivity contribution in [3.63, 3.8) is 0 Å². The minimum Gasteiger partial charge on any atom is -0.373 e. The third kappa shape index (κ3) is 3.83. The second kappa shape index (κ2) is 5.65. The fourth-order valence-electron chi connectivity index (χ4n) is 1.02. The van der Waals surface area contributed by atoms with Crippen molar-refractivity contribution in [2.45, 2.75) is 12.2 Å². The Morgan fingerprint density at radius 3 is 2.73 bits per heavy atom. The summed E-state index contributed by atoms with van der Waals surface area (Å²) >= 11 is 1.81. The van der Waals surface area contributed by atoms with Crippen LogP contribution in [0.1, 0.15) is 6.92 Å². The summed E-state index contributed by atoms with van der Waals surface area (Å²) in [5, 5.41) is 6.69. The largest absolute Gasteiger partial charge is 0.373 e. The van der Waals surface area contributed by atoms with Crippen molar-refractivity contribution in [2.75, 3.05) is 36.2 Å². The lowest BCUT2D eigenvalue weighted by molar-refractivity contribution is 0.988. The van der Waals surface area contributed by atoms with E-state index in [2.05, 4.69) is 33.8 Å². The first-order valence-electron chi connectivity index (χ1n) is 4.74. The van der Waals surface area contributed by atoms with Crippen molar-refractivity contribution < 1.29 is 0 Å². The van der Waals surface area contributed by atoms with E-state index in [1.165, 1.54) is 0 Å². The van der Waals surface area contributed by atoms with Crippen LogP contribution < -0.4 is 16.4 Å². The van der Waals surface area contributed by atoms with Gasteiger partial charge in [0.1, 0.15) is 11.6 Å². The summed E-state index contributed by atoms with van der Waals surface area (Å²) in [5.41, 5.74) is 5.57. The molecule has 1 heterocycles. The maximum Gasteiger partial charge on any atom is 0.223 e. The molecule has 1 aromatic heterocycles. The molecule has 1 atom stereocenters. The van der Waals surface area contributed by atoms with Crippen LogP contribution in [-0.2, 0) is 0 Å². The number of nitrogens with one attached hydrogen (secondary N) is 2. The summed E-state index contributed by atoms with van der Waals surface area (Å²) in [5.74, 6) is 1.76. The highest BCUT2D eigenvalue weighted by Gasteiger charge is 2.03. The summed E-state index contributed by atoms with van der Waals surface area (Å²) < 4.78 is 0. The Morgan fingerprint density at radius 1 is 1.47 bits per heavy atom. The van der Waals surface area contributed by atoms with Crippen LogP contribution in [0.4, 0.5) is 17.6 Å². The number of thioether (sulfide) groups is 1. The van der Waals surface area contributed by atoms with Gasteiger partial charge in [-0.15, -0.1) is 0 Å². The minimum atomic E-state index is 0.279. The van der Waals surface area contributed by atoms with E-state index in [-0.39, 0.29) is 5.95 Å². The van der Waals surface area contributed by atoms with Gasteiger partial charge in [-0.3, -0.25) is 0 Å². The first-order chi connectivity index (χ1) is 7.15. The highest BCUT2D eigenvalue weighted by Crippen LogP contribution is 2.13. The van der Waals surface area contributed by atoms with Crippen molar-refractivity contribution in [3.05, 3.63) is 6.07 Å². The number of hydrogen-bond acceptors (Lipinski definition) is 6. The topological polar surface area (TPSA) is 75.9 Å². The number of anilines is 3. The van der Waals surface area contributed by atoms with Crippen LogP contribution >= 0.6 is 11.8 Å². The standard InChI is InChI=1S/C9H17N5S/c1-6(15-3)5-12-8-4-7(11-2)13-9(10)14-8/h4,6H,5H2,1-3H3,(H4,10,11,12,13,14). The van der Waals surface area contributed by atoms with E-state index in [1.54, 1.807) is 18.8 Å². The fourth-order valence-corrected chi connectivity index (χ4v) is 1.27. The number of rotatable bonds is 5. The number of aromatic nitrogens is 2. The van der Waals surface area contributed by atoms with Gasteiger partial charge in [0.05, 0.1) is 0 Å². The van der Waals surface area contributed by atoms with Crippen molar-refractivity contribution >= 4 is 29.3 Å². The molecule has 0 radical (unpaired) electrons. The van der Waals surface area contributed by atoms with E-state index in [0.29, 0.717) is 5.25 Å². The van der Waals surface area contributed by atoms with Crippen LogP contribution in [-0.4, -0.2) is 35.1 Å². The molecule has 0 fully saturated rings. The molecule has 4 N–H and O–H groups in total. The molecule has 0 aliphatic heterocycles. The van der Waals surface area contributed by atoms with E-state index in [9.17, 15) is 0 Å². The first-order valence-corrected chi connectivity index (χ1v) is 6.03. The molecular formula is C9H17N5S. The van der Waals surface area contributed by atoms with Crippen LogP contribution in [0.3, 0.4) is 0 Å².